The molecule has 1 saturated heterocycles. The van der Waals surface area contributed by atoms with Crippen LogP contribution in [-0.4, -0.2) is 75.1 Å². The van der Waals surface area contributed by atoms with Gasteiger partial charge in [0.05, 0.1) is 11.9 Å². The molecule has 5 aromatic rings. The van der Waals surface area contributed by atoms with Gasteiger partial charge in [-0.15, -0.1) is 0 Å². The molecule has 1 aliphatic rings. The minimum Gasteiger partial charge on any atom is -0.354 e. The van der Waals surface area contributed by atoms with Gasteiger partial charge in [0, 0.05) is 66.0 Å². The number of nitrogens with one attached hydrogen (secondary N) is 3. The number of carbonyl (C=O) groups is 1. The Morgan fingerprint density at radius 2 is 1.93 bits per heavy atom. The Morgan fingerprint density at radius 1 is 1.13 bits per heavy atom. The number of hydrogen-bond donors (Lipinski definition) is 4. The lowest BCUT2D eigenvalue weighted by atomic mass is 10.0. The van der Waals surface area contributed by atoms with Gasteiger partial charge in [0.1, 0.15) is 0 Å². The van der Waals surface area contributed by atoms with Crippen LogP contribution < -0.4 is 21.3 Å². The highest BCUT2D eigenvalue weighted by Crippen LogP contribution is 2.32. The summed E-state index contributed by atoms with van der Waals surface area (Å²) < 4.78 is 1.81. The van der Waals surface area contributed by atoms with Crippen LogP contribution in [0.2, 0.25) is 0 Å². The number of likely N-dealkylation sites (N-methyl/N-ethyl adjacent to an activating group) is 1. The molecule has 3 aromatic heterocycles. The molecule has 11 nitrogen and oxygen atoms in total. The maximum atomic E-state index is 12.6. The molecule has 0 unspecified atom stereocenters. The van der Waals surface area contributed by atoms with Gasteiger partial charge in [0.2, 0.25) is 17.8 Å². The molecule has 0 atom stereocenters. The highest BCUT2D eigenvalue weighted by atomic mass is 16.1. The molecule has 5 N–H and O–H groups in total. The quantitative estimate of drug-likeness (QED) is 0.164. The molecule has 11 heteroatoms. The van der Waals surface area contributed by atoms with Crippen molar-refractivity contribution in [3.05, 3.63) is 78.0 Å². The predicted molar refractivity (Wildman–Crippen MR) is 182 cm³/mol. The minimum atomic E-state index is -0.154. The van der Waals surface area contributed by atoms with E-state index in [1.807, 2.05) is 66.1 Å². The first-order valence-electron chi connectivity index (χ1n) is 15.6. The van der Waals surface area contributed by atoms with Gasteiger partial charge in [-0.3, -0.25) is 4.79 Å². The third-order valence-electron chi connectivity index (χ3n) is 8.23. The number of amides is 1. The Hall–Kier alpha value is -4.74. The van der Waals surface area contributed by atoms with Crippen LogP contribution >= 0.6 is 0 Å². The van der Waals surface area contributed by atoms with Crippen LogP contribution in [0, 0.1) is 0 Å². The van der Waals surface area contributed by atoms with Crippen molar-refractivity contribution in [2.75, 3.05) is 49.3 Å². The topological polar surface area (TPSA) is 132 Å². The van der Waals surface area contributed by atoms with Crippen LogP contribution in [0.1, 0.15) is 43.7 Å². The average Bonchev–Trinajstić information content (AvgIpc) is 3.66. The van der Waals surface area contributed by atoms with E-state index in [-0.39, 0.29) is 17.9 Å². The van der Waals surface area contributed by atoms with Crippen molar-refractivity contribution in [1.29, 1.82) is 0 Å². The lowest BCUT2D eigenvalue weighted by Crippen LogP contribution is -2.40. The van der Waals surface area contributed by atoms with E-state index in [0.29, 0.717) is 25.0 Å². The Bertz CT molecular complexity index is 1830. The third-order valence-corrected chi connectivity index (χ3v) is 8.23. The van der Waals surface area contributed by atoms with Crippen molar-refractivity contribution in [2.24, 2.45) is 5.73 Å². The van der Waals surface area contributed by atoms with Gasteiger partial charge < -0.3 is 31.2 Å². The fourth-order valence-corrected chi connectivity index (χ4v) is 5.71. The van der Waals surface area contributed by atoms with Crippen molar-refractivity contribution < 1.29 is 4.79 Å². The first kappa shape index (κ1) is 30.3. The molecular formula is C34H42N10O. The zero-order valence-electron chi connectivity index (χ0n) is 26.4. The monoisotopic (exact) mass is 606 g/mol. The summed E-state index contributed by atoms with van der Waals surface area (Å²) in [4.78, 5) is 30.3. The van der Waals surface area contributed by atoms with Gasteiger partial charge in [0.15, 0.2) is 5.65 Å². The van der Waals surface area contributed by atoms with Gasteiger partial charge >= 0.3 is 0 Å². The molecule has 45 heavy (non-hydrogen) atoms. The largest absolute Gasteiger partial charge is 0.354 e. The van der Waals surface area contributed by atoms with Crippen molar-refractivity contribution >= 4 is 40.0 Å². The number of benzene rings is 2. The van der Waals surface area contributed by atoms with E-state index in [4.69, 9.17) is 15.7 Å². The number of aromatic nitrogens is 5. The van der Waals surface area contributed by atoms with Crippen LogP contribution in [0.3, 0.4) is 0 Å². The Labute approximate surface area is 263 Å². The number of nitrogens with two attached hydrogens (primary N) is 1. The summed E-state index contributed by atoms with van der Waals surface area (Å²) >= 11 is 0. The first-order valence-corrected chi connectivity index (χ1v) is 15.6. The first-order chi connectivity index (χ1) is 21.8. The number of fused-ring (bicyclic) bond motifs is 2. The lowest BCUT2D eigenvalue weighted by Gasteiger charge is -2.30. The number of aromatic amines is 1. The van der Waals surface area contributed by atoms with E-state index < -0.39 is 0 Å². The molecule has 6 rings (SSSR count). The molecule has 234 valence electrons. The van der Waals surface area contributed by atoms with Gasteiger partial charge in [-0.05, 0) is 56.6 Å². The molecule has 0 bridgehead atoms. The molecule has 1 aliphatic heterocycles. The fraction of sp³-hybridized carbons (Fsp3) is 0.353. The number of anilines is 3. The number of rotatable bonds is 10. The van der Waals surface area contributed by atoms with E-state index in [9.17, 15) is 4.79 Å². The molecule has 0 saturated carbocycles. The average molecular weight is 607 g/mol. The second kappa shape index (κ2) is 13.1. The lowest BCUT2D eigenvalue weighted by molar-refractivity contribution is -0.111. The zero-order chi connectivity index (χ0) is 31.5. The van der Waals surface area contributed by atoms with Gasteiger partial charge in [-0.25, -0.2) is 0 Å². The Kier molecular flexibility index (Phi) is 8.81. The molecule has 0 aliphatic carbocycles. The number of carbonyl (C=O) groups excluding carboxylic acids is 1. The second-order valence-corrected chi connectivity index (χ2v) is 12.3. The molecule has 2 aromatic carbocycles. The maximum Gasteiger partial charge on any atom is 0.248 e. The van der Waals surface area contributed by atoms with Crippen LogP contribution in [0.15, 0.2) is 66.9 Å². The standard InChI is InChI=1S/C34H42N10O/c1-22(2)27-21-37-44-32(27)40-34(43-17-14-24(35)15-18-43)41-33(44)36-20-23-9-5-6-10-25(23)30-19-26-28(38-30)11-7-12-29(26)39-31(45)13-8-16-42(3)4/h5-13,19,21-22,24,38H,14-18,20,35H2,1-4H3,(H,39,45)(H,36,40,41)/b13-8+. The molecule has 1 amide bonds. The SMILES string of the molecule is CC(C)c1cnn2c(NCc3ccccc3-c3cc4c(NC(=O)/C=C/CN(C)C)cccc4[nH]3)nc(N3CCC(N)CC3)nc12. The second-order valence-electron chi connectivity index (χ2n) is 12.3. The molecule has 4 heterocycles. The summed E-state index contributed by atoms with van der Waals surface area (Å²) in [5, 5.41) is 12.2. The summed E-state index contributed by atoms with van der Waals surface area (Å²) in [6.07, 6.45) is 7.16. The van der Waals surface area contributed by atoms with Crippen molar-refractivity contribution in [3.8, 4) is 11.3 Å². The van der Waals surface area contributed by atoms with Crippen LogP contribution in [-0.2, 0) is 11.3 Å². The van der Waals surface area contributed by atoms with Gasteiger partial charge in [-0.1, -0.05) is 50.3 Å². The maximum absolute atomic E-state index is 12.6. The number of piperidine rings is 1. The number of nitrogens with zero attached hydrogens (tertiary/aromatic N) is 6. The Morgan fingerprint density at radius 3 is 2.71 bits per heavy atom. The smallest absolute Gasteiger partial charge is 0.248 e. The summed E-state index contributed by atoms with van der Waals surface area (Å²) in [7, 11) is 3.93. The van der Waals surface area contributed by atoms with E-state index in [1.165, 1.54) is 0 Å². The third kappa shape index (κ3) is 6.69. The van der Waals surface area contributed by atoms with E-state index in [2.05, 4.69) is 57.7 Å². The van der Waals surface area contributed by atoms with Crippen LogP contribution in [0.4, 0.5) is 17.6 Å². The molecule has 0 spiro atoms. The molecule has 1 fully saturated rings. The van der Waals surface area contributed by atoms with Crippen LogP contribution in [0.25, 0.3) is 27.8 Å². The van der Waals surface area contributed by atoms with Crippen molar-refractivity contribution in [3.63, 3.8) is 0 Å². The number of hydrogen-bond acceptors (Lipinski definition) is 8. The van der Waals surface area contributed by atoms with E-state index in [1.54, 1.807) is 6.08 Å². The van der Waals surface area contributed by atoms with E-state index >= 15 is 0 Å². The van der Waals surface area contributed by atoms with Crippen molar-refractivity contribution in [1.82, 2.24) is 29.5 Å². The summed E-state index contributed by atoms with van der Waals surface area (Å²) in [6, 6.07) is 16.5. The summed E-state index contributed by atoms with van der Waals surface area (Å²) in [6.45, 7) is 7.20. The fourth-order valence-electron chi connectivity index (χ4n) is 5.71. The molecular weight excluding hydrogens is 564 g/mol. The summed E-state index contributed by atoms with van der Waals surface area (Å²) in [5.74, 6) is 1.48. The van der Waals surface area contributed by atoms with Crippen molar-refractivity contribution in [2.45, 2.75) is 45.2 Å². The highest BCUT2D eigenvalue weighted by molar-refractivity contribution is 6.06. The van der Waals surface area contributed by atoms with E-state index in [0.717, 1.165) is 70.6 Å². The van der Waals surface area contributed by atoms with Gasteiger partial charge in [-0.2, -0.15) is 19.6 Å². The molecule has 0 radical (unpaired) electrons. The minimum absolute atomic E-state index is 0.154. The Balaban J connectivity index is 1.28. The van der Waals surface area contributed by atoms with Crippen LogP contribution in [0.5, 0.6) is 0 Å². The van der Waals surface area contributed by atoms with Gasteiger partial charge in [0.25, 0.3) is 0 Å². The highest BCUT2D eigenvalue weighted by Gasteiger charge is 2.22. The summed E-state index contributed by atoms with van der Waals surface area (Å²) in [5.41, 5.74) is 12.9. The predicted octanol–water partition coefficient (Wildman–Crippen LogP) is 4.99. The normalized spacial score (nSPS) is 14.4. The number of H-pyrrole nitrogens is 1. The zero-order valence-corrected chi connectivity index (χ0v) is 26.4.